The van der Waals surface area contributed by atoms with Crippen LogP contribution in [0.25, 0.3) is 0 Å². The first-order valence-corrected chi connectivity index (χ1v) is 6.64. The minimum Gasteiger partial charge on any atom is -0.385 e. The Morgan fingerprint density at radius 1 is 1.29 bits per heavy atom. The Balaban J connectivity index is 3.02. The molecule has 4 heteroatoms. The molecule has 0 aromatic rings. The lowest BCUT2D eigenvalue weighted by atomic mass is 9.86. The summed E-state index contributed by atoms with van der Waals surface area (Å²) in [6.45, 7) is 9.22. The lowest BCUT2D eigenvalue weighted by molar-refractivity contribution is 0.146. The van der Waals surface area contributed by atoms with Crippen LogP contribution in [0, 0.1) is 5.92 Å². The van der Waals surface area contributed by atoms with Gasteiger partial charge in [0.1, 0.15) is 11.4 Å². The molecule has 0 unspecified atom stereocenters. The van der Waals surface area contributed by atoms with Crippen LogP contribution in [0.4, 0.5) is 4.79 Å². The van der Waals surface area contributed by atoms with Crippen molar-refractivity contribution in [1.82, 2.24) is 4.90 Å². The number of carbonyl (C=O) groups excluding carboxylic acids is 1. The van der Waals surface area contributed by atoms with Gasteiger partial charge in [0, 0.05) is 6.54 Å². The van der Waals surface area contributed by atoms with E-state index in [-0.39, 0.29) is 11.6 Å². The Morgan fingerprint density at radius 2 is 1.82 bits per heavy atom. The van der Waals surface area contributed by atoms with Gasteiger partial charge in [0.2, 0.25) is 0 Å². The normalized spacial score (nSPS) is 19.0. The zero-order chi connectivity index (χ0) is 13.1. The van der Waals surface area contributed by atoms with E-state index in [1.807, 2.05) is 4.90 Å². The Kier molecular flexibility index (Phi) is 4.54. The second kappa shape index (κ2) is 5.52. The molecular formula is C13H25N3O. The molecule has 4 nitrogen and oxygen atoms in total. The van der Waals surface area contributed by atoms with Crippen molar-refractivity contribution in [3.05, 3.63) is 0 Å². The Bertz CT molecular complexity index is 304. The van der Waals surface area contributed by atoms with Crippen LogP contribution in [0.2, 0.25) is 0 Å². The fraction of sp³-hybridized carbons (Fsp3) is 0.846. The van der Waals surface area contributed by atoms with E-state index in [9.17, 15) is 4.79 Å². The fourth-order valence-electron chi connectivity index (χ4n) is 2.69. The molecule has 0 radical (unpaired) electrons. The van der Waals surface area contributed by atoms with Crippen LogP contribution in [0.3, 0.4) is 0 Å². The lowest BCUT2D eigenvalue weighted by Gasteiger charge is -2.39. The predicted octanol–water partition coefficient (Wildman–Crippen LogP) is 2.77. The molecular weight excluding hydrogens is 214 g/mol. The topological polar surface area (TPSA) is 58.7 Å². The van der Waals surface area contributed by atoms with Crippen LogP contribution >= 0.6 is 0 Å². The number of urea groups is 1. The molecule has 0 saturated carbocycles. The largest absolute Gasteiger partial charge is 0.385 e. The number of aliphatic imine (C=N–C) groups is 1. The van der Waals surface area contributed by atoms with Gasteiger partial charge in [0.15, 0.2) is 0 Å². The molecule has 0 atom stereocenters. The molecule has 1 aliphatic heterocycles. The summed E-state index contributed by atoms with van der Waals surface area (Å²) in [6.07, 6.45) is 3.85. The standard InChI is InChI=1S/C13H25N3O/c1-5-7-13(8-6-2)11(14)15-12(17)16(13)9-10(3)4/h10H,5-9H2,1-4H3,(H2,14,15,17). The number of amides is 2. The van der Waals surface area contributed by atoms with Crippen molar-refractivity contribution in [2.24, 2.45) is 16.6 Å². The van der Waals surface area contributed by atoms with Gasteiger partial charge in [-0.1, -0.05) is 40.5 Å². The average molecular weight is 239 g/mol. The van der Waals surface area contributed by atoms with Gasteiger partial charge in [0.25, 0.3) is 0 Å². The van der Waals surface area contributed by atoms with E-state index in [0.29, 0.717) is 11.8 Å². The summed E-state index contributed by atoms with van der Waals surface area (Å²) >= 11 is 0. The fourth-order valence-corrected chi connectivity index (χ4v) is 2.69. The first kappa shape index (κ1) is 14.0. The predicted molar refractivity (Wildman–Crippen MR) is 71.1 cm³/mol. The van der Waals surface area contributed by atoms with Crippen molar-refractivity contribution < 1.29 is 4.79 Å². The molecule has 0 aliphatic carbocycles. The molecule has 0 aromatic heterocycles. The molecule has 2 N–H and O–H groups in total. The third kappa shape index (κ3) is 2.61. The van der Waals surface area contributed by atoms with Crippen molar-refractivity contribution >= 4 is 11.9 Å². The minimum atomic E-state index is -0.315. The number of hydrogen-bond acceptors (Lipinski definition) is 2. The first-order valence-electron chi connectivity index (χ1n) is 6.64. The van der Waals surface area contributed by atoms with Crippen LogP contribution in [0.15, 0.2) is 4.99 Å². The van der Waals surface area contributed by atoms with Crippen LogP contribution in [-0.4, -0.2) is 28.9 Å². The number of nitrogens with two attached hydrogens (primary N) is 1. The number of amidine groups is 1. The molecule has 0 aromatic carbocycles. The highest BCUT2D eigenvalue weighted by molar-refractivity contribution is 6.05. The minimum absolute atomic E-state index is 0.155. The maximum absolute atomic E-state index is 11.9. The molecule has 98 valence electrons. The molecule has 2 amide bonds. The van der Waals surface area contributed by atoms with Crippen LogP contribution in [-0.2, 0) is 0 Å². The Labute approximate surface area is 104 Å². The average Bonchev–Trinajstić information content (AvgIpc) is 2.44. The number of rotatable bonds is 6. The summed E-state index contributed by atoms with van der Waals surface area (Å²) in [6, 6.07) is -0.155. The third-order valence-electron chi connectivity index (χ3n) is 3.32. The quantitative estimate of drug-likeness (QED) is 0.774. The van der Waals surface area contributed by atoms with E-state index >= 15 is 0 Å². The van der Waals surface area contributed by atoms with E-state index in [4.69, 9.17) is 5.73 Å². The van der Waals surface area contributed by atoms with Crippen molar-refractivity contribution in [1.29, 1.82) is 0 Å². The van der Waals surface area contributed by atoms with Crippen molar-refractivity contribution in [2.75, 3.05) is 6.54 Å². The van der Waals surface area contributed by atoms with Gasteiger partial charge in [-0.3, -0.25) is 0 Å². The number of hydrogen-bond donors (Lipinski definition) is 1. The highest BCUT2D eigenvalue weighted by Gasteiger charge is 2.46. The van der Waals surface area contributed by atoms with Gasteiger partial charge in [-0.05, 0) is 18.8 Å². The molecule has 1 heterocycles. The van der Waals surface area contributed by atoms with Gasteiger partial charge in [-0.2, -0.15) is 4.99 Å². The molecule has 17 heavy (non-hydrogen) atoms. The van der Waals surface area contributed by atoms with E-state index in [1.165, 1.54) is 0 Å². The van der Waals surface area contributed by atoms with Crippen LogP contribution in [0.5, 0.6) is 0 Å². The summed E-state index contributed by atoms with van der Waals surface area (Å²) in [7, 11) is 0. The Morgan fingerprint density at radius 3 is 2.24 bits per heavy atom. The van der Waals surface area contributed by atoms with Gasteiger partial charge in [-0.25, -0.2) is 4.79 Å². The summed E-state index contributed by atoms with van der Waals surface area (Å²) < 4.78 is 0. The summed E-state index contributed by atoms with van der Waals surface area (Å²) in [5.74, 6) is 0.958. The maximum Gasteiger partial charge on any atom is 0.346 e. The zero-order valence-corrected chi connectivity index (χ0v) is 11.5. The molecule has 0 fully saturated rings. The number of nitrogens with zero attached hydrogens (tertiary/aromatic N) is 2. The maximum atomic E-state index is 11.9. The van der Waals surface area contributed by atoms with Crippen molar-refractivity contribution in [2.45, 2.75) is 58.9 Å². The molecule has 1 aliphatic rings. The van der Waals surface area contributed by atoms with E-state index in [2.05, 4.69) is 32.7 Å². The highest BCUT2D eigenvalue weighted by Crippen LogP contribution is 2.33. The van der Waals surface area contributed by atoms with Crippen LogP contribution in [0.1, 0.15) is 53.4 Å². The van der Waals surface area contributed by atoms with Gasteiger partial charge in [-0.15, -0.1) is 0 Å². The summed E-state index contributed by atoms with van der Waals surface area (Å²) in [5.41, 5.74) is 5.72. The van der Waals surface area contributed by atoms with Crippen molar-refractivity contribution in [3.8, 4) is 0 Å². The SMILES string of the molecule is CCCC1(CCC)C(N)=NC(=O)N1CC(C)C. The van der Waals surface area contributed by atoms with Gasteiger partial charge in [0.05, 0.1) is 0 Å². The van der Waals surface area contributed by atoms with E-state index in [0.717, 1.165) is 32.2 Å². The monoisotopic (exact) mass is 239 g/mol. The second-order valence-corrected chi connectivity index (χ2v) is 5.32. The second-order valence-electron chi connectivity index (χ2n) is 5.32. The molecule has 1 rings (SSSR count). The smallest absolute Gasteiger partial charge is 0.346 e. The molecule has 0 bridgehead atoms. The highest BCUT2D eigenvalue weighted by atomic mass is 16.2. The third-order valence-corrected chi connectivity index (χ3v) is 3.32. The van der Waals surface area contributed by atoms with Gasteiger partial charge >= 0.3 is 6.03 Å². The zero-order valence-electron chi connectivity index (χ0n) is 11.5. The lowest BCUT2D eigenvalue weighted by Crippen LogP contribution is -2.55. The first-order chi connectivity index (χ1) is 7.97. The summed E-state index contributed by atoms with van der Waals surface area (Å²) in [4.78, 5) is 17.8. The molecule has 0 saturated heterocycles. The molecule has 0 spiro atoms. The van der Waals surface area contributed by atoms with Crippen molar-refractivity contribution in [3.63, 3.8) is 0 Å². The number of carbonyl (C=O) groups is 1. The summed E-state index contributed by atoms with van der Waals surface area (Å²) in [5, 5.41) is 0. The van der Waals surface area contributed by atoms with E-state index < -0.39 is 0 Å². The van der Waals surface area contributed by atoms with Gasteiger partial charge < -0.3 is 10.6 Å². The van der Waals surface area contributed by atoms with E-state index in [1.54, 1.807) is 0 Å². The van der Waals surface area contributed by atoms with Crippen LogP contribution < -0.4 is 5.73 Å². The Hall–Kier alpha value is -1.06.